The topological polar surface area (TPSA) is 84.7 Å². The van der Waals surface area contributed by atoms with E-state index >= 15 is 0 Å². The Bertz CT molecular complexity index is 588. The van der Waals surface area contributed by atoms with Gasteiger partial charge in [0, 0.05) is 36.9 Å². The summed E-state index contributed by atoms with van der Waals surface area (Å²) in [6.45, 7) is 9.84. The maximum atomic E-state index is 12.3. The standard InChI is InChI=1S/C16H25N3O4/c1-10(2)19-13(6-7-17-19)11-8-18(9-12(11)14(20)21)15(22)23-16(3,4)5/h6-7,10-12H,8-9H2,1-5H3,(H,20,21). The molecule has 0 radical (unpaired) electrons. The van der Waals surface area contributed by atoms with Crippen LogP contribution in [0.15, 0.2) is 12.3 Å². The van der Waals surface area contributed by atoms with Crippen LogP contribution in [0.3, 0.4) is 0 Å². The summed E-state index contributed by atoms with van der Waals surface area (Å²) in [7, 11) is 0. The van der Waals surface area contributed by atoms with Gasteiger partial charge >= 0.3 is 12.1 Å². The number of ether oxygens (including phenoxy) is 1. The molecule has 1 amide bonds. The summed E-state index contributed by atoms with van der Waals surface area (Å²) < 4.78 is 7.18. The van der Waals surface area contributed by atoms with E-state index in [1.807, 2.05) is 24.6 Å². The maximum Gasteiger partial charge on any atom is 0.410 e. The van der Waals surface area contributed by atoms with Crippen molar-refractivity contribution in [3.63, 3.8) is 0 Å². The van der Waals surface area contributed by atoms with Crippen molar-refractivity contribution >= 4 is 12.1 Å². The summed E-state index contributed by atoms with van der Waals surface area (Å²) in [6.07, 6.45) is 1.20. The van der Waals surface area contributed by atoms with Gasteiger partial charge in [-0.25, -0.2) is 4.79 Å². The lowest BCUT2D eigenvalue weighted by Crippen LogP contribution is -2.35. The number of aromatic nitrogens is 2. The number of hydrogen-bond donors (Lipinski definition) is 1. The quantitative estimate of drug-likeness (QED) is 0.924. The van der Waals surface area contributed by atoms with Gasteiger partial charge in [-0.3, -0.25) is 9.48 Å². The molecule has 1 aliphatic rings. The second-order valence-corrected chi connectivity index (χ2v) is 7.23. The predicted octanol–water partition coefficient (Wildman–Crippen LogP) is 2.50. The van der Waals surface area contributed by atoms with Gasteiger partial charge in [0.25, 0.3) is 0 Å². The fourth-order valence-corrected chi connectivity index (χ4v) is 2.88. The van der Waals surface area contributed by atoms with Crippen LogP contribution in [0.4, 0.5) is 4.79 Å². The Morgan fingerprint density at radius 1 is 1.35 bits per heavy atom. The third kappa shape index (κ3) is 3.83. The summed E-state index contributed by atoms with van der Waals surface area (Å²) in [5.41, 5.74) is 0.242. The number of carbonyl (C=O) groups excluding carboxylic acids is 1. The Kier molecular flexibility index (Phi) is 4.68. The molecule has 23 heavy (non-hydrogen) atoms. The second kappa shape index (κ2) is 6.22. The molecule has 7 heteroatoms. The molecule has 0 bridgehead atoms. The Morgan fingerprint density at radius 2 is 2.00 bits per heavy atom. The lowest BCUT2D eigenvalue weighted by atomic mass is 9.93. The summed E-state index contributed by atoms with van der Waals surface area (Å²) in [4.78, 5) is 25.4. The first-order chi connectivity index (χ1) is 10.6. The molecule has 2 rings (SSSR count). The van der Waals surface area contributed by atoms with Crippen molar-refractivity contribution in [2.45, 2.75) is 52.2 Å². The minimum absolute atomic E-state index is 0.130. The van der Waals surface area contributed by atoms with E-state index < -0.39 is 23.6 Å². The highest BCUT2D eigenvalue weighted by molar-refractivity contribution is 5.75. The first-order valence-electron chi connectivity index (χ1n) is 7.84. The van der Waals surface area contributed by atoms with Crippen LogP contribution in [-0.2, 0) is 9.53 Å². The fraction of sp³-hybridized carbons (Fsp3) is 0.688. The first kappa shape index (κ1) is 17.3. The van der Waals surface area contributed by atoms with Crippen molar-refractivity contribution in [3.05, 3.63) is 18.0 Å². The van der Waals surface area contributed by atoms with Crippen molar-refractivity contribution in [2.75, 3.05) is 13.1 Å². The molecule has 1 aliphatic heterocycles. The molecule has 1 N–H and O–H groups in total. The summed E-state index contributed by atoms with van der Waals surface area (Å²) >= 11 is 0. The van der Waals surface area contributed by atoms with E-state index in [4.69, 9.17) is 4.74 Å². The minimum atomic E-state index is -0.905. The largest absolute Gasteiger partial charge is 0.481 e. The monoisotopic (exact) mass is 323 g/mol. The van der Waals surface area contributed by atoms with Crippen molar-refractivity contribution in [3.8, 4) is 0 Å². The number of nitrogens with zero attached hydrogens (tertiary/aromatic N) is 3. The molecule has 1 aromatic heterocycles. The average Bonchev–Trinajstić information content (AvgIpc) is 3.03. The fourth-order valence-electron chi connectivity index (χ4n) is 2.88. The molecule has 2 atom stereocenters. The van der Waals surface area contributed by atoms with Crippen molar-refractivity contribution in [2.24, 2.45) is 5.92 Å². The minimum Gasteiger partial charge on any atom is -0.481 e. The molecular formula is C16H25N3O4. The zero-order chi connectivity index (χ0) is 17.4. The second-order valence-electron chi connectivity index (χ2n) is 7.23. The molecule has 1 aromatic rings. The lowest BCUT2D eigenvalue weighted by Gasteiger charge is -2.24. The zero-order valence-electron chi connectivity index (χ0n) is 14.3. The van der Waals surface area contributed by atoms with Crippen LogP contribution < -0.4 is 0 Å². The van der Waals surface area contributed by atoms with E-state index in [0.29, 0.717) is 6.54 Å². The summed E-state index contributed by atoms with van der Waals surface area (Å²) in [5, 5.41) is 13.8. The average molecular weight is 323 g/mol. The maximum absolute atomic E-state index is 12.3. The number of likely N-dealkylation sites (tertiary alicyclic amines) is 1. The van der Waals surface area contributed by atoms with E-state index in [0.717, 1.165) is 5.69 Å². The van der Waals surface area contributed by atoms with Gasteiger partial charge in [-0.05, 0) is 40.7 Å². The van der Waals surface area contributed by atoms with Gasteiger partial charge in [0.15, 0.2) is 0 Å². The summed E-state index contributed by atoms with van der Waals surface area (Å²) in [5.74, 6) is -1.85. The number of carbonyl (C=O) groups is 2. The molecule has 0 saturated carbocycles. The van der Waals surface area contributed by atoms with Gasteiger partial charge in [0.2, 0.25) is 0 Å². The van der Waals surface area contributed by atoms with E-state index in [-0.39, 0.29) is 18.5 Å². The van der Waals surface area contributed by atoms with E-state index in [1.165, 1.54) is 4.90 Å². The highest BCUT2D eigenvalue weighted by atomic mass is 16.6. The number of carboxylic acid groups (broad SMARTS) is 1. The van der Waals surface area contributed by atoms with Gasteiger partial charge in [-0.2, -0.15) is 5.10 Å². The first-order valence-corrected chi connectivity index (χ1v) is 7.84. The highest BCUT2D eigenvalue weighted by Gasteiger charge is 2.43. The molecule has 0 spiro atoms. The summed E-state index contributed by atoms with van der Waals surface area (Å²) in [6, 6.07) is 1.96. The third-order valence-corrected chi connectivity index (χ3v) is 3.86. The molecule has 7 nitrogen and oxygen atoms in total. The number of amides is 1. The van der Waals surface area contributed by atoms with Crippen LogP contribution in [0, 0.1) is 5.92 Å². The molecule has 128 valence electrons. The molecule has 1 fully saturated rings. The lowest BCUT2D eigenvalue weighted by molar-refractivity contribution is -0.141. The Balaban J connectivity index is 2.24. The van der Waals surface area contributed by atoms with Gasteiger partial charge in [0.05, 0.1) is 5.92 Å². The Hall–Kier alpha value is -2.05. The van der Waals surface area contributed by atoms with Crippen LogP contribution in [-0.4, -0.2) is 50.5 Å². The predicted molar refractivity (Wildman–Crippen MR) is 84.3 cm³/mol. The normalized spacial score (nSPS) is 21.7. The van der Waals surface area contributed by atoms with Crippen LogP contribution in [0.5, 0.6) is 0 Å². The van der Waals surface area contributed by atoms with E-state index in [9.17, 15) is 14.7 Å². The van der Waals surface area contributed by atoms with Crippen LogP contribution in [0.1, 0.15) is 52.3 Å². The van der Waals surface area contributed by atoms with Gasteiger partial charge < -0.3 is 14.7 Å². The number of rotatable bonds is 3. The van der Waals surface area contributed by atoms with Crippen LogP contribution in [0.2, 0.25) is 0 Å². The number of aliphatic carboxylic acids is 1. The molecule has 2 heterocycles. The van der Waals surface area contributed by atoms with Crippen LogP contribution >= 0.6 is 0 Å². The third-order valence-electron chi connectivity index (χ3n) is 3.86. The van der Waals surface area contributed by atoms with Gasteiger partial charge in [0.1, 0.15) is 5.60 Å². The van der Waals surface area contributed by atoms with Gasteiger partial charge in [-0.1, -0.05) is 0 Å². The Labute approximate surface area is 136 Å². The zero-order valence-corrected chi connectivity index (χ0v) is 14.3. The van der Waals surface area contributed by atoms with Crippen molar-refractivity contribution < 1.29 is 19.4 Å². The van der Waals surface area contributed by atoms with Gasteiger partial charge in [-0.15, -0.1) is 0 Å². The molecule has 0 aliphatic carbocycles. The van der Waals surface area contributed by atoms with Crippen molar-refractivity contribution in [1.82, 2.24) is 14.7 Å². The van der Waals surface area contributed by atoms with E-state index in [1.54, 1.807) is 27.0 Å². The molecule has 2 unspecified atom stereocenters. The molecule has 1 saturated heterocycles. The van der Waals surface area contributed by atoms with Crippen LogP contribution in [0.25, 0.3) is 0 Å². The number of carboxylic acids is 1. The molecular weight excluding hydrogens is 298 g/mol. The van der Waals surface area contributed by atoms with Crippen molar-refractivity contribution in [1.29, 1.82) is 0 Å². The van der Waals surface area contributed by atoms with E-state index in [2.05, 4.69) is 5.10 Å². The Morgan fingerprint density at radius 3 is 2.52 bits per heavy atom. The SMILES string of the molecule is CC(C)n1nccc1C1CN(C(=O)OC(C)(C)C)CC1C(=O)O. The molecule has 0 aromatic carbocycles. The number of hydrogen-bond acceptors (Lipinski definition) is 4. The highest BCUT2D eigenvalue weighted by Crippen LogP contribution is 2.34. The smallest absolute Gasteiger partial charge is 0.410 e.